The van der Waals surface area contributed by atoms with Crippen molar-refractivity contribution in [3.05, 3.63) is 65.0 Å². The average Bonchev–Trinajstić information content (AvgIpc) is 2.62. The topological polar surface area (TPSA) is 59.1 Å². The van der Waals surface area contributed by atoms with Gasteiger partial charge in [0.2, 0.25) is 0 Å². The number of hydrogen-bond acceptors (Lipinski definition) is 3. The molecule has 0 spiro atoms. The second-order valence-corrected chi connectivity index (χ2v) is 5.35. The minimum absolute atomic E-state index is 0. The van der Waals surface area contributed by atoms with Crippen LogP contribution in [0.1, 0.15) is 47.7 Å². The molecule has 3 N–H and O–H groups in total. The van der Waals surface area contributed by atoms with E-state index in [1.54, 1.807) is 24.4 Å². The van der Waals surface area contributed by atoms with E-state index in [1.807, 2.05) is 0 Å². The van der Waals surface area contributed by atoms with Gasteiger partial charge in [-0.1, -0.05) is 18.2 Å². The molecule has 23 heavy (non-hydrogen) atoms. The summed E-state index contributed by atoms with van der Waals surface area (Å²) >= 11 is 0. The number of halogens is 4. The van der Waals surface area contributed by atoms with Crippen LogP contribution in [-0.2, 0) is 0 Å². The van der Waals surface area contributed by atoms with Crippen LogP contribution in [0.15, 0.2) is 36.5 Å². The molecule has 0 amide bonds. The summed E-state index contributed by atoms with van der Waals surface area (Å²) in [5.74, 6) is -2.13. The van der Waals surface area contributed by atoms with Gasteiger partial charge in [-0.25, -0.2) is 8.78 Å². The fraction of sp³-hybridized carbons (Fsp3) is 0.312. The van der Waals surface area contributed by atoms with E-state index >= 15 is 0 Å². The maximum Gasteiger partial charge on any atom is 0.162 e. The molecule has 0 fully saturated rings. The van der Waals surface area contributed by atoms with Crippen molar-refractivity contribution >= 4 is 24.8 Å². The van der Waals surface area contributed by atoms with Gasteiger partial charge in [0, 0.05) is 18.2 Å². The van der Waals surface area contributed by atoms with Gasteiger partial charge in [-0.3, -0.25) is 4.98 Å². The first-order valence-electron chi connectivity index (χ1n) is 6.92. The molecular formula is C16H18Cl2F2N2O. The monoisotopic (exact) mass is 362 g/mol. The van der Waals surface area contributed by atoms with Crippen molar-refractivity contribution in [1.82, 2.24) is 4.98 Å². The van der Waals surface area contributed by atoms with Gasteiger partial charge in [0.1, 0.15) is 0 Å². The predicted molar refractivity (Wildman–Crippen MR) is 89.0 cm³/mol. The van der Waals surface area contributed by atoms with E-state index in [2.05, 4.69) is 4.98 Å². The van der Waals surface area contributed by atoms with Gasteiger partial charge in [-0.2, -0.15) is 0 Å². The lowest BCUT2D eigenvalue weighted by Crippen LogP contribution is -2.21. The van der Waals surface area contributed by atoms with Crippen LogP contribution < -0.4 is 5.73 Å². The van der Waals surface area contributed by atoms with Crippen LogP contribution in [0.2, 0.25) is 0 Å². The number of nitrogens with two attached hydrogens (primary N) is 1. The van der Waals surface area contributed by atoms with Crippen molar-refractivity contribution in [2.75, 3.05) is 0 Å². The Kier molecular flexibility index (Phi) is 6.89. The number of hydrogen-bond donors (Lipinski definition) is 2. The minimum atomic E-state index is -0.879. The molecule has 3 rings (SSSR count). The lowest BCUT2D eigenvalue weighted by molar-refractivity contribution is 0.160. The molecule has 126 valence electrons. The maximum absolute atomic E-state index is 14.1. The largest absolute Gasteiger partial charge is 0.387 e. The van der Waals surface area contributed by atoms with Gasteiger partial charge in [0.05, 0.1) is 11.8 Å². The molecule has 0 bridgehead atoms. The SMILES string of the molecule is Cl.Cl.N[C@H]1c2cccnc2[C@H](O)CC[C@H]1c1cccc(F)c1F. The van der Waals surface area contributed by atoms with Gasteiger partial charge in [0.25, 0.3) is 0 Å². The summed E-state index contributed by atoms with van der Waals surface area (Å²) < 4.78 is 27.5. The summed E-state index contributed by atoms with van der Waals surface area (Å²) in [5.41, 5.74) is 7.74. The van der Waals surface area contributed by atoms with Crippen molar-refractivity contribution in [1.29, 1.82) is 0 Å². The molecule has 1 heterocycles. The number of aliphatic hydroxyl groups is 1. The highest BCUT2D eigenvalue weighted by atomic mass is 35.5. The highest BCUT2D eigenvalue weighted by Crippen LogP contribution is 2.41. The predicted octanol–water partition coefficient (Wildman–Crippen LogP) is 3.81. The molecule has 2 aromatic rings. The standard InChI is InChI=1S/C16H16F2N2O.2ClH/c17-12-5-1-3-9(14(12)18)10-6-7-13(21)16-11(15(10)19)4-2-8-20-16;;/h1-5,8,10,13,15,21H,6-7,19H2;2*1H/t10-,13+,15+;;/m0../s1. The maximum atomic E-state index is 14.1. The van der Waals surface area contributed by atoms with E-state index in [9.17, 15) is 13.9 Å². The molecule has 1 aliphatic carbocycles. The number of nitrogens with zero attached hydrogens (tertiary/aromatic N) is 1. The second kappa shape index (κ2) is 8.02. The summed E-state index contributed by atoms with van der Waals surface area (Å²) in [6.45, 7) is 0. The number of aliphatic hydroxyl groups excluding tert-OH is 1. The quantitative estimate of drug-likeness (QED) is 0.758. The smallest absolute Gasteiger partial charge is 0.162 e. The first-order valence-corrected chi connectivity index (χ1v) is 6.92. The molecule has 1 aromatic carbocycles. The Labute approximate surface area is 145 Å². The van der Waals surface area contributed by atoms with Crippen molar-refractivity contribution in [3.8, 4) is 0 Å². The third-order valence-electron chi connectivity index (χ3n) is 4.11. The Bertz CT molecular complexity index is 672. The van der Waals surface area contributed by atoms with Crippen LogP contribution in [0.25, 0.3) is 0 Å². The summed E-state index contributed by atoms with van der Waals surface area (Å²) in [4.78, 5) is 4.18. The lowest BCUT2D eigenvalue weighted by Gasteiger charge is -2.23. The van der Waals surface area contributed by atoms with Gasteiger partial charge >= 0.3 is 0 Å². The zero-order chi connectivity index (χ0) is 15.0. The van der Waals surface area contributed by atoms with Gasteiger partial charge < -0.3 is 10.8 Å². The Morgan fingerprint density at radius 3 is 2.48 bits per heavy atom. The first-order chi connectivity index (χ1) is 10.1. The Morgan fingerprint density at radius 2 is 1.74 bits per heavy atom. The van der Waals surface area contributed by atoms with Crippen molar-refractivity contribution in [3.63, 3.8) is 0 Å². The lowest BCUT2D eigenvalue weighted by atomic mass is 9.86. The molecule has 1 aliphatic rings. The fourth-order valence-corrected chi connectivity index (χ4v) is 3.02. The number of rotatable bonds is 1. The van der Waals surface area contributed by atoms with Crippen LogP contribution in [0.5, 0.6) is 0 Å². The van der Waals surface area contributed by atoms with Crippen LogP contribution in [-0.4, -0.2) is 10.1 Å². The number of fused-ring (bicyclic) bond motifs is 1. The molecule has 7 heteroatoms. The van der Waals surface area contributed by atoms with Crippen molar-refractivity contribution in [2.24, 2.45) is 5.73 Å². The van der Waals surface area contributed by atoms with Crippen LogP contribution in [0, 0.1) is 11.6 Å². The Balaban J connectivity index is 0.00000132. The Hall–Kier alpha value is -1.27. The van der Waals surface area contributed by atoms with Gasteiger partial charge in [-0.05, 0) is 36.1 Å². The van der Waals surface area contributed by atoms with E-state index < -0.39 is 23.8 Å². The molecule has 0 saturated carbocycles. The fourth-order valence-electron chi connectivity index (χ4n) is 3.02. The molecular weight excluding hydrogens is 345 g/mol. The zero-order valence-electron chi connectivity index (χ0n) is 12.2. The summed E-state index contributed by atoms with van der Waals surface area (Å²) in [6, 6.07) is 7.11. The molecule has 0 radical (unpaired) electrons. The van der Waals surface area contributed by atoms with Crippen LogP contribution in [0.4, 0.5) is 8.78 Å². The molecule has 1 aromatic heterocycles. The minimum Gasteiger partial charge on any atom is -0.387 e. The third kappa shape index (κ3) is 3.63. The summed E-state index contributed by atoms with van der Waals surface area (Å²) in [5, 5.41) is 10.2. The van der Waals surface area contributed by atoms with Crippen molar-refractivity contribution in [2.45, 2.75) is 30.9 Å². The Morgan fingerprint density at radius 1 is 1.04 bits per heavy atom. The number of benzene rings is 1. The highest BCUT2D eigenvalue weighted by molar-refractivity contribution is 5.85. The molecule has 0 aliphatic heterocycles. The van der Waals surface area contributed by atoms with E-state index in [0.29, 0.717) is 24.1 Å². The van der Waals surface area contributed by atoms with Crippen molar-refractivity contribution < 1.29 is 13.9 Å². The normalized spacial score (nSPS) is 23.0. The molecule has 3 atom stereocenters. The first kappa shape index (κ1) is 19.8. The van der Waals surface area contributed by atoms with Crippen LogP contribution >= 0.6 is 24.8 Å². The second-order valence-electron chi connectivity index (χ2n) is 5.35. The number of aromatic nitrogens is 1. The highest BCUT2D eigenvalue weighted by Gasteiger charge is 2.32. The van der Waals surface area contributed by atoms with Gasteiger partial charge in [0.15, 0.2) is 11.6 Å². The molecule has 0 unspecified atom stereocenters. The third-order valence-corrected chi connectivity index (χ3v) is 4.11. The van der Waals surface area contributed by atoms with Gasteiger partial charge in [-0.15, -0.1) is 24.8 Å². The van der Waals surface area contributed by atoms with E-state index in [4.69, 9.17) is 5.73 Å². The van der Waals surface area contributed by atoms with E-state index in [0.717, 1.165) is 6.07 Å². The zero-order valence-corrected chi connectivity index (χ0v) is 13.8. The summed E-state index contributed by atoms with van der Waals surface area (Å²) in [7, 11) is 0. The van der Waals surface area contributed by atoms with Crippen LogP contribution in [0.3, 0.4) is 0 Å². The number of pyridine rings is 1. The average molecular weight is 363 g/mol. The molecule has 3 nitrogen and oxygen atoms in total. The summed E-state index contributed by atoms with van der Waals surface area (Å²) in [6.07, 6.45) is 1.75. The molecule has 0 saturated heterocycles. The van der Waals surface area contributed by atoms with E-state index in [-0.39, 0.29) is 36.3 Å². The van der Waals surface area contributed by atoms with E-state index in [1.165, 1.54) is 6.07 Å².